The fourth-order valence-electron chi connectivity index (χ4n) is 2.77. The minimum absolute atomic E-state index is 0.00200. The molecule has 146 valence electrons. The van der Waals surface area contributed by atoms with Gasteiger partial charge in [0.25, 0.3) is 5.91 Å². The van der Waals surface area contributed by atoms with Crippen molar-refractivity contribution in [3.63, 3.8) is 0 Å². The molecule has 2 aromatic rings. The van der Waals surface area contributed by atoms with Gasteiger partial charge >= 0.3 is 0 Å². The molecule has 1 amide bonds. The van der Waals surface area contributed by atoms with Gasteiger partial charge < -0.3 is 4.90 Å². The lowest BCUT2D eigenvalue weighted by Crippen LogP contribution is -2.41. The second-order valence-corrected chi connectivity index (χ2v) is 11.8. The van der Waals surface area contributed by atoms with Crippen LogP contribution >= 0.6 is 22.9 Å². The van der Waals surface area contributed by atoms with Crippen molar-refractivity contribution >= 4 is 48.5 Å². The highest BCUT2D eigenvalue weighted by Crippen LogP contribution is 2.25. The standard InChI is InChI=1S/C15H16ClN3O5S3/c1-26(21,22)15-17-7-12(16)13(18-15)14(20)19(8-11-3-2-5-25-11)10-4-6-27(23,24)9-10/h2-3,5,7,10H,4,6,8-9H2,1H3/t10-/m0/s1. The average Bonchev–Trinajstić information content (AvgIpc) is 3.20. The molecule has 0 radical (unpaired) electrons. The van der Waals surface area contributed by atoms with Gasteiger partial charge in [0.15, 0.2) is 15.5 Å². The molecule has 2 aromatic heterocycles. The van der Waals surface area contributed by atoms with Crippen LogP contribution in [0.2, 0.25) is 5.02 Å². The molecule has 8 nitrogen and oxygen atoms in total. The van der Waals surface area contributed by atoms with Gasteiger partial charge in [-0.25, -0.2) is 26.8 Å². The van der Waals surface area contributed by atoms with Crippen molar-refractivity contribution in [3.8, 4) is 0 Å². The van der Waals surface area contributed by atoms with Crippen molar-refractivity contribution in [2.45, 2.75) is 24.2 Å². The van der Waals surface area contributed by atoms with Gasteiger partial charge in [-0.2, -0.15) is 0 Å². The summed E-state index contributed by atoms with van der Waals surface area (Å²) in [6, 6.07) is 3.13. The molecule has 0 spiro atoms. The SMILES string of the molecule is CS(=O)(=O)c1ncc(Cl)c(C(=O)N(Cc2cccs2)[C@H]2CCS(=O)(=O)C2)n1. The van der Waals surface area contributed by atoms with E-state index in [1.165, 1.54) is 16.2 Å². The largest absolute Gasteiger partial charge is 0.328 e. The van der Waals surface area contributed by atoms with E-state index in [0.717, 1.165) is 17.3 Å². The predicted molar refractivity (Wildman–Crippen MR) is 101 cm³/mol. The number of carbonyl (C=O) groups is 1. The van der Waals surface area contributed by atoms with Crippen LogP contribution in [0.5, 0.6) is 0 Å². The van der Waals surface area contributed by atoms with E-state index >= 15 is 0 Å². The van der Waals surface area contributed by atoms with Crippen LogP contribution in [0, 0.1) is 0 Å². The van der Waals surface area contributed by atoms with Gasteiger partial charge in [-0.05, 0) is 17.9 Å². The third-order valence-electron chi connectivity index (χ3n) is 4.07. The van der Waals surface area contributed by atoms with Crippen molar-refractivity contribution in [1.82, 2.24) is 14.9 Å². The Morgan fingerprint density at radius 3 is 2.74 bits per heavy atom. The lowest BCUT2D eigenvalue weighted by Gasteiger charge is -2.27. The van der Waals surface area contributed by atoms with Crippen molar-refractivity contribution in [2.75, 3.05) is 17.8 Å². The maximum atomic E-state index is 13.1. The van der Waals surface area contributed by atoms with E-state index in [2.05, 4.69) is 9.97 Å². The molecule has 0 N–H and O–H groups in total. The number of amides is 1. The Bertz CT molecular complexity index is 1070. The minimum Gasteiger partial charge on any atom is -0.328 e. The minimum atomic E-state index is -3.73. The van der Waals surface area contributed by atoms with E-state index in [1.807, 2.05) is 17.5 Å². The monoisotopic (exact) mass is 449 g/mol. The molecular weight excluding hydrogens is 434 g/mol. The number of aromatic nitrogens is 2. The molecule has 1 aliphatic heterocycles. The molecule has 0 bridgehead atoms. The quantitative estimate of drug-likeness (QED) is 0.634. The summed E-state index contributed by atoms with van der Waals surface area (Å²) in [4.78, 5) is 22.9. The number of sulfone groups is 2. The summed E-state index contributed by atoms with van der Waals surface area (Å²) in [7, 11) is -6.96. The van der Waals surface area contributed by atoms with Gasteiger partial charge in [-0.3, -0.25) is 4.79 Å². The van der Waals surface area contributed by atoms with Crippen LogP contribution in [-0.4, -0.2) is 61.4 Å². The first-order valence-electron chi connectivity index (χ1n) is 7.83. The summed E-state index contributed by atoms with van der Waals surface area (Å²) in [5, 5.41) is 1.25. The average molecular weight is 450 g/mol. The zero-order valence-electron chi connectivity index (χ0n) is 14.2. The van der Waals surface area contributed by atoms with Crippen LogP contribution in [0.15, 0.2) is 28.9 Å². The number of hydrogen-bond donors (Lipinski definition) is 0. The van der Waals surface area contributed by atoms with Crippen molar-refractivity contribution in [2.24, 2.45) is 0 Å². The fourth-order valence-corrected chi connectivity index (χ4v) is 5.88. The molecule has 0 unspecified atom stereocenters. The number of thiophene rings is 1. The second-order valence-electron chi connectivity index (χ2n) is 6.19. The van der Waals surface area contributed by atoms with Crippen LogP contribution in [-0.2, 0) is 26.2 Å². The Balaban J connectivity index is 2.00. The molecule has 1 saturated heterocycles. The highest BCUT2D eigenvalue weighted by atomic mass is 35.5. The van der Waals surface area contributed by atoms with E-state index in [4.69, 9.17) is 11.6 Å². The van der Waals surface area contributed by atoms with Gasteiger partial charge in [0.05, 0.1) is 29.3 Å². The third-order valence-corrected chi connectivity index (χ3v) is 7.82. The molecule has 0 aliphatic carbocycles. The van der Waals surface area contributed by atoms with Crippen LogP contribution in [0.3, 0.4) is 0 Å². The molecule has 1 atom stereocenters. The maximum absolute atomic E-state index is 13.1. The molecule has 0 aromatic carbocycles. The van der Waals surface area contributed by atoms with Crippen molar-refractivity contribution < 1.29 is 21.6 Å². The predicted octanol–water partition coefficient (Wildman–Crippen LogP) is 1.42. The van der Waals surface area contributed by atoms with Gasteiger partial charge in [-0.1, -0.05) is 17.7 Å². The van der Waals surface area contributed by atoms with E-state index in [-0.39, 0.29) is 28.8 Å². The third kappa shape index (κ3) is 4.65. The number of nitrogens with zero attached hydrogens (tertiary/aromatic N) is 3. The van der Waals surface area contributed by atoms with Crippen LogP contribution < -0.4 is 0 Å². The Morgan fingerprint density at radius 1 is 1.44 bits per heavy atom. The van der Waals surface area contributed by atoms with Gasteiger partial charge in [0.1, 0.15) is 0 Å². The summed E-state index contributed by atoms with van der Waals surface area (Å²) >= 11 is 7.48. The van der Waals surface area contributed by atoms with Crippen LogP contribution in [0.25, 0.3) is 0 Å². The smallest absolute Gasteiger partial charge is 0.274 e. The molecule has 3 heterocycles. The molecule has 0 saturated carbocycles. The van der Waals surface area contributed by atoms with Crippen LogP contribution in [0.1, 0.15) is 21.8 Å². The molecule has 1 aliphatic rings. The molecule has 27 heavy (non-hydrogen) atoms. The van der Waals surface area contributed by atoms with Gasteiger partial charge in [0, 0.05) is 17.2 Å². The second kappa shape index (κ2) is 7.46. The Hall–Kier alpha value is -1.56. The number of rotatable bonds is 5. The summed E-state index contributed by atoms with van der Waals surface area (Å²) in [5.41, 5.74) is -0.257. The van der Waals surface area contributed by atoms with E-state index in [1.54, 1.807) is 0 Å². The Labute approximate surface area is 166 Å². The fraction of sp³-hybridized carbons (Fsp3) is 0.400. The highest BCUT2D eigenvalue weighted by Gasteiger charge is 2.36. The Morgan fingerprint density at radius 2 is 2.19 bits per heavy atom. The number of hydrogen-bond acceptors (Lipinski definition) is 8. The zero-order valence-corrected chi connectivity index (χ0v) is 17.4. The van der Waals surface area contributed by atoms with Crippen molar-refractivity contribution in [1.29, 1.82) is 0 Å². The molecule has 1 fully saturated rings. The lowest BCUT2D eigenvalue weighted by molar-refractivity contribution is 0.0676. The maximum Gasteiger partial charge on any atom is 0.274 e. The summed E-state index contributed by atoms with van der Waals surface area (Å²) < 4.78 is 47.2. The highest BCUT2D eigenvalue weighted by molar-refractivity contribution is 7.91. The first-order chi connectivity index (χ1) is 12.6. The number of halogens is 1. The summed E-state index contributed by atoms with van der Waals surface area (Å²) in [6.45, 7) is 0.186. The first kappa shape index (κ1) is 20.2. The molecule has 3 rings (SSSR count). The van der Waals surface area contributed by atoms with Crippen LogP contribution in [0.4, 0.5) is 0 Å². The van der Waals surface area contributed by atoms with Gasteiger partial charge in [-0.15, -0.1) is 11.3 Å². The lowest BCUT2D eigenvalue weighted by atomic mass is 10.2. The summed E-state index contributed by atoms with van der Waals surface area (Å²) in [5.74, 6) is -0.771. The normalized spacial score (nSPS) is 19.1. The number of carbonyl (C=O) groups excluding carboxylic acids is 1. The van der Waals surface area contributed by atoms with E-state index < -0.39 is 36.8 Å². The zero-order chi connectivity index (χ0) is 19.8. The Kier molecular flexibility index (Phi) is 5.57. The van der Waals surface area contributed by atoms with Crippen molar-refractivity contribution in [3.05, 3.63) is 39.3 Å². The van der Waals surface area contributed by atoms with E-state index in [9.17, 15) is 21.6 Å². The molecular formula is C15H16ClN3O5S3. The van der Waals surface area contributed by atoms with Gasteiger partial charge in [0.2, 0.25) is 15.0 Å². The first-order valence-corrected chi connectivity index (χ1v) is 12.8. The van der Waals surface area contributed by atoms with E-state index in [0.29, 0.717) is 6.42 Å². The molecule has 12 heteroatoms. The topological polar surface area (TPSA) is 114 Å². The summed E-state index contributed by atoms with van der Waals surface area (Å²) in [6.07, 6.45) is 2.30.